The van der Waals surface area contributed by atoms with E-state index >= 15 is 0 Å². The third kappa shape index (κ3) is 5.24. The number of nitrogens with zero attached hydrogens (tertiary/aromatic N) is 4. The van der Waals surface area contributed by atoms with Crippen LogP contribution < -0.4 is 25.2 Å². The maximum atomic E-state index is 13.1. The number of methoxy groups -OCH3 is 1. The molecule has 12 heteroatoms. The van der Waals surface area contributed by atoms with Crippen molar-refractivity contribution in [2.24, 2.45) is 0 Å². The number of hydrogen-bond donors (Lipinski definition) is 2. The molecule has 0 spiro atoms. The number of carbonyl (C=O) groups is 1. The van der Waals surface area contributed by atoms with Gasteiger partial charge in [0.15, 0.2) is 0 Å². The van der Waals surface area contributed by atoms with Crippen molar-refractivity contribution in [3.05, 3.63) is 58.2 Å². The van der Waals surface area contributed by atoms with E-state index < -0.39 is 0 Å². The number of thioether (sulfide) groups is 1. The van der Waals surface area contributed by atoms with Gasteiger partial charge in [0.1, 0.15) is 10.8 Å². The fourth-order valence-corrected chi connectivity index (χ4v) is 5.52. The van der Waals surface area contributed by atoms with Crippen LogP contribution in [0.2, 0.25) is 10.0 Å². The summed E-state index contributed by atoms with van der Waals surface area (Å²) in [5.41, 5.74) is 2.75. The van der Waals surface area contributed by atoms with E-state index in [0.29, 0.717) is 38.1 Å². The first-order valence-electron chi connectivity index (χ1n) is 10.7. The molecule has 2 aliphatic heterocycles. The molecule has 0 unspecified atom stereocenters. The number of benzene rings is 2. The van der Waals surface area contributed by atoms with Gasteiger partial charge in [-0.15, -0.1) is 12.4 Å². The summed E-state index contributed by atoms with van der Waals surface area (Å²) in [6.07, 6.45) is 1.53. The van der Waals surface area contributed by atoms with Crippen molar-refractivity contribution in [2.45, 2.75) is 5.03 Å². The van der Waals surface area contributed by atoms with Crippen LogP contribution in [0.15, 0.2) is 47.6 Å². The largest absolute Gasteiger partial charge is 0.495 e. The van der Waals surface area contributed by atoms with Crippen LogP contribution in [-0.4, -0.2) is 55.0 Å². The Morgan fingerprint density at radius 2 is 1.89 bits per heavy atom. The normalized spacial score (nSPS) is 15.3. The molecule has 0 aliphatic carbocycles. The Morgan fingerprint density at radius 1 is 1.14 bits per heavy atom. The molecule has 0 radical (unpaired) electrons. The maximum Gasteiger partial charge on any atom is 0.263 e. The van der Waals surface area contributed by atoms with Gasteiger partial charge in [0.05, 0.1) is 40.0 Å². The monoisotopic (exact) mass is 552 g/mol. The highest BCUT2D eigenvalue weighted by Crippen LogP contribution is 2.39. The second kappa shape index (κ2) is 11.1. The molecule has 0 saturated carbocycles. The number of anilines is 4. The number of hydrogen-bond acceptors (Lipinski definition) is 8. The lowest BCUT2D eigenvalue weighted by molar-refractivity contribution is 0.0985. The Balaban J connectivity index is 0.00000289. The fourth-order valence-electron chi connectivity index (χ4n) is 3.98. The number of carbonyl (C=O) groups excluding carboxylic acids is 1. The standard InChI is InChI=1S/C23H22Cl2N6O2S.ClH/c1-33-19-11-14(5-6-18(19)30-9-7-26-8-10-30)28-23-27-12-15-21(29-23)34-13-31(22(15)32)20-16(24)3-2-4-17(20)25;/h2-6,11-12,26H,7-10,13H2,1H3,(H,27,28,29);1H. The Bertz CT molecular complexity index is 1220. The first kappa shape index (κ1) is 25.7. The number of nitrogens with one attached hydrogen (secondary N) is 2. The van der Waals surface area contributed by atoms with Gasteiger partial charge in [0, 0.05) is 44.1 Å². The number of halogens is 3. The number of ether oxygens (including phenoxy) is 1. The average Bonchev–Trinajstić information content (AvgIpc) is 2.85. The molecule has 1 fully saturated rings. The number of piperazine rings is 1. The van der Waals surface area contributed by atoms with Crippen molar-refractivity contribution >= 4 is 76.3 Å². The number of para-hydroxylation sites is 1. The molecular formula is C23H23Cl3N6O2S. The van der Waals surface area contributed by atoms with Gasteiger partial charge in [0.2, 0.25) is 5.95 Å². The molecule has 2 aromatic carbocycles. The zero-order valence-electron chi connectivity index (χ0n) is 18.8. The zero-order chi connectivity index (χ0) is 23.7. The van der Waals surface area contributed by atoms with E-state index in [4.69, 9.17) is 27.9 Å². The molecule has 2 aliphatic rings. The third-order valence-corrected chi connectivity index (χ3v) is 7.24. The third-order valence-electron chi connectivity index (χ3n) is 5.66. The van der Waals surface area contributed by atoms with Crippen LogP contribution in [-0.2, 0) is 0 Å². The highest BCUT2D eigenvalue weighted by atomic mass is 35.5. The number of aromatic nitrogens is 2. The van der Waals surface area contributed by atoms with Gasteiger partial charge in [-0.3, -0.25) is 9.69 Å². The van der Waals surface area contributed by atoms with Crippen molar-refractivity contribution in [3.8, 4) is 5.75 Å². The summed E-state index contributed by atoms with van der Waals surface area (Å²) in [6.45, 7) is 3.75. The summed E-state index contributed by atoms with van der Waals surface area (Å²) in [6, 6.07) is 11.1. The Kier molecular flexibility index (Phi) is 8.13. The second-order valence-corrected chi connectivity index (χ2v) is 9.49. The van der Waals surface area contributed by atoms with Crippen LogP contribution in [0, 0.1) is 0 Å². The lowest BCUT2D eigenvalue weighted by Crippen LogP contribution is -2.43. The quantitative estimate of drug-likeness (QED) is 0.424. The molecule has 1 aromatic heterocycles. The lowest BCUT2D eigenvalue weighted by Gasteiger charge is -2.30. The topological polar surface area (TPSA) is 82.6 Å². The summed E-state index contributed by atoms with van der Waals surface area (Å²) in [5, 5.41) is 8.02. The van der Waals surface area contributed by atoms with E-state index in [9.17, 15) is 4.79 Å². The SMILES string of the molecule is COc1cc(Nc2ncc3c(n2)SCN(c2c(Cl)cccc2Cl)C3=O)ccc1N1CCNCC1.Cl. The first-order chi connectivity index (χ1) is 16.5. The van der Waals surface area contributed by atoms with E-state index in [2.05, 4.69) is 25.5 Å². The summed E-state index contributed by atoms with van der Waals surface area (Å²) in [7, 11) is 1.67. The van der Waals surface area contributed by atoms with Gasteiger partial charge in [-0.1, -0.05) is 41.0 Å². The molecule has 184 valence electrons. The van der Waals surface area contributed by atoms with Crippen LogP contribution in [0.1, 0.15) is 10.4 Å². The van der Waals surface area contributed by atoms with Gasteiger partial charge >= 0.3 is 0 Å². The first-order valence-corrected chi connectivity index (χ1v) is 12.5. The van der Waals surface area contributed by atoms with Crippen LogP contribution in [0.25, 0.3) is 0 Å². The minimum absolute atomic E-state index is 0. The lowest BCUT2D eigenvalue weighted by atomic mass is 10.2. The van der Waals surface area contributed by atoms with Crippen molar-refractivity contribution in [2.75, 3.05) is 54.3 Å². The highest BCUT2D eigenvalue weighted by Gasteiger charge is 2.30. The van der Waals surface area contributed by atoms with Gasteiger partial charge in [-0.05, 0) is 24.3 Å². The number of fused-ring (bicyclic) bond motifs is 1. The smallest absolute Gasteiger partial charge is 0.263 e. The highest BCUT2D eigenvalue weighted by molar-refractivity contribution is 7.99. The number of amides is 1. The molecule has 8 nitrogen and oxygen atoms in total. The number of rotatable bonds is 5. The Morgan fingerprint density at radius 3 is 2.60 bits per heavy atom. The van der Waals surface area contributed by atoms with E-state index in [1.807, 2.05) is 18.2 Å². The molecule has 1 amide bonds. The van der Waals surface area contributed by atoms with Gasteiger partial charge < -0.3 is 20.3 Å². The predicted octanol–water partition coefficient (Wildman–Crippen LogP) is 5.08. The molecule has 0 atom stereocenters. The summed E-state index contributed by atoms with van der Waals surface area (Å²) < 4.78 is 5.64. The van der Waals surface area contributed by atoms with Gasteiger partial charge in [-0.25, -0.2) is 9.97 Å². The van der Waals surface area contributed by atoms with Crippen LogP contribution >= 0.6 is 47.4 Å². The molecule has 2 N–H and O–H groups in total. The second-order valence-electron chi connectivity index (χ2n) is 7.74. The van der Waals surface area contributed by atoms with Gasteiger partial charge in [-0.2, -0.15) is 0 Å². The van der Waals surface area contributed by atoms with Crippen molar-refractivity contribution < 1.29 is 9.53 Å². The van der Waals surface area contributed by atoms with E-state index in [-0.39, 0.29) is 18.3 Å². The summed E-state index contributed by atoms with van der Waals surface area (Å²) in [5.74, 6) is 1.29. The zero-order valence-corrected chi connectivity index (χ0v) is 21.9. The summed E-state index contributed by atoms with van der Waals surface area (Å²) in [4.78, 5) is 25.9. The molecule has 5 rings (SSSR count). The molecular weight excluding hydrogens is 531 g/mol. The van der Waals surface area contributed by atoms with E-state index in [1.165, 1.54) is 18.0 Å². The predicted molar refractivity (Wildman–Crippen MR) is 145 cm³/mol. The molecule has 0 bridgehead atoms. The van der Waals surface area contributed by atoms with E-state index in [1.54, 1.807) is 30.2 Å². The molecule has 3 aromatic rings. The molecule has 3 heterocycles. The van der Waals surface area contributed by atoms with Crippen LogP contribution in [0.5, 0.6) is 5.75 Å². The maximum absolute atomic E-state index is 13.1. The van der Waals surface area contributed by atoms with Crippen molar-refractivity contribution in [3.63, 3.8) is 0 Å². The van der Waals surface area contributed by atoms with Gasteiger partial charge in [0.25, 0.3) is 5.91 Å². The van der Waals surface area contributed by atoms with E-state index in [0.717, 1.165) is 43.3 Å². The van der Waals surface area contributed by atoms with Crippen LogP contribution in [0.4, 0.5) is 23.0 Å². The summed E-state index contributed by atoms with van der Waals surface area (Å²) >= 11 is 14.0. The Hall–Kier alpha value is -2.43. The Labute approximate surface area is 223 Å². The molecule has 35 heavy (non-hydrogen) atoms. The average molecular weight is 554 g/mol. The van der Waals surface area contributed by atoms with Crippen LogP contribution in [0.3, 0.4) is 0 Å². The molecule has 1 saturated heterocycles. The minimum atomic E-state index is -0.239. The fraction of sp³-hybridized carbons (Fsp3) is 0.261. The minimum Gasteiger partial charge on any atom is -0.495 e. The van der Waals surface area contributed by atoms with Crippen molar-refractivity contribution in [1.82, 2.24) is 15.3 Å². The van der Waals surface area contributed by atoms with Crippen molar-refractivity contribution in [1.29, 1.82) is 0 Å².